The number of pyridine rings is 1. The maximum absolute atomic E-state index is 11.5. The predicted molar refractivity (Wildman–Crippen MR) is 162 cm³/mol. The topological polar surface area (TPSA) is 118 Å². The van der Waals surface area contributed by atoms with Crippen molar-refractivity contribution in [2.45, 2.75) is 76.0 Å². The average molecular weight is 559 g/mol. The van der Waals surface area contributed by atoms with Gasteiger partial charge in [0.1, 0.15) is 0 Å². The minimum absolute atomic E-state index is 0.132. The van der Waals surface area contributed by atoms with Crippen LogP contribution in [0.5, 0.6) is 0 Å². The summed E-state index contributed by atoms with van der Waals surface area (Å²) in [7, 11) is 3.25. The Bertz CT molecular complexity index is 1330. The van der Waals surface area contributed by atoms with Crippen molar-refractivity contribution in [3.05, 3.63) is 72.4 Å². The summed E-state index contributed by atoms with van der Waals surface area (Å²) in [5.74, 6) is -0.132. The molecule has 0 spiro atoms. The average Bonchev–Trinajstić information content (AvgIpc) is 2.96. The molecule has 0 atom stereocenters. The number of anilines is 1. The third kappa shape index (κ3) is 7.51. The van der Waals surface area contributed by atoms with Gasteiger partial charge < -0.3 is 25.8 Å². The number of aromatic nitrogens is 1. The van der Waals surface area contributed by atoms with E-state index in [-0.39, 0.29) is 12.0 Å². The van der Waals surface area contributed by atoms with Crippen molar-refractivity contribution in [3.8, 4) is 22.4 Å². The minimum Gasteiger partial charge on any atom is -0.453 e. The van der Waals surface area contributed by atoms with Crippen molar-refractivity contribution in [1.82, 2.24) is 9.88 Å². The molecule has 0 saturated heterocycles. The molecule has 1 aromatic heterocycles. The van der Waals surface area contributed by atoms with Gasteiger partial charge in [0.05, 0.1) is 30.3 Å². The molecule has 0 aliphatic heterocycles. The number of methoxy groups -OCH3 is 1. The number of amides is 2. The van der Waals surface area contributed by atoms with Crippen LogP contribution >= 0.6 is 0 Å². The van der Waals surface area contributed by atoms with Crippen molar-refractivity contribution in [1.29, 1.82) is 0 Å². The first-order chi connectivity index (χ1) is 19.5. The molecule has 8 nitrogen and oxygen atoms in total. The number of nitrogens with zero attached hydrogens (tertiary/aromatic N) is 2. The smallest absolute Gasteiger partial charge is 0.409 e. The molecule has 0 bridgehead atoms. The zero-order valence-electron chi connectivity index (χ0n) is 24.5. The van der Waals surface area contributed by atoms with Crippen molar-refractivity contribution in [2.75, 3.05) is 19.5 Å². The summed E-state index contributed by atoms with van der Waals surface area (Å²) in [5, 5.41) is 12.9. The number of aliphatic hydroxyl groups is 1. The van der Waals surface area contributed by atoms with Crippen molar-refractivity contribution in [2.24, 2.45) is 5.73 Å². The fourth-order valence-corrected chi connectivity index (χ4v) is 6.04. The molecule has 1 heterocycles. The maximum Gasteiger partial charge on any atom is 0.409 e. The highest BCUT2D eigenvalue weighted by molar-refractivity contribution is 5.91. The summed E-state index contributed by atoms with van der Waals surface area (Å²) in [5.41, 5.74) is 10.7. The van der Waals surface area contributed by atoms with Crippen LogP contribution < -0.4 is 11.1 Å². The predicted octanol–water partition coefficient (Wildman–Crippen LogP) is 6.09. The van der Waals surface area contributed by atoms with E-state index in [1.165, 1.54) is 33.3 Å². The fraction of sp³-hybridized carbons (Fsp3) is 0.424. The van der Waals surface area contributed by atoms with Crippen LogP contribution in [0.2, 0.25) is 0 Å². The van der Waals surface area contributed by atoms with Gasteiger partial charge in [-0.1, -0.05) is 73.9 Å². The van der Waals surface area contributed by atoms with E-state index in [2.05, 4.69) is 15.0 Å². The van der Waals surface area contributed by atoms with Crippen molar-refractivity contribution < 1.29 is 19.4 Å². The highest BCUT2D eigenvalue weighted by Crippen LogP contribution is 2.46. The highest BCUT2D eigenvalue weighted by atomic mass is 16.5. The molecule has 2 fully saturated rings. The van der Waals surface area contributed by atoms with Crippen molar-refractivity contribution >= 4 is 17.7 Å². The number of carbonyl (C=O) groups excluding carboxylic acids is 2. The number of nitrogens with two attached hydrogens (primary N) is 1. The lowest BCUT2D eigenvalue weighted by Crippen LogP contribution is -2.58. The number of carbonyl (C=O) groups is 2. The standard InChI is InChI=1S/C24H25N3O2.C9H17NO2/c1-16(28)27-20-12-21(17-6-4-3-5-7-17)22(26-13-20)18-8-10-19(11-9-18)24(25)14-23(2,29)15-24;1-10(9(11)12-2)8-6-4-3-5-7-8/h3-13,29H,14-15,25H2,1-2H3,(H,27,28);8H,3-7H2,1-2H3. The molecule has 2 amide bonds. The Morgan fingerprint density at radius 2 is 1.66 bits per heavy atom. The Morgan fingerprint density at radius 1 is 1.02 bits per heavy atom. The lowest BCUT2D eigenvalue weighted by Gasteiger charge is -2.49. The number of hydrogen-bond donors (Lipinski definition) is 3. The lowest BCUT2D eigenvalue weighted by molar-refractivity contribution is -0.114. The van der Waals surface area contributed by atoms with E-state index in [0.717, 1.165) is 40.8 Å². The number of benzene rings is 2. The van der Waals surface area contributed by atoms with Gasteiger partial charge in [-0.3, -0.25) is 9.78 Å². The summed E-state index contributed by atoms with van der Waals surface area (Å²) in [6.07, 6.45) is 8.63. The van der Waals surface area contributed by atoms with Gasteiger partial charge in [0.25, 0.3) is 0 Å². The van der Waals surface area contributed by atoms with Crippen LogP contribution in [0.1, 0.15) is 64.4 Å². The first-order valence-corrected chi connectivity index (χ1v) is 14.3. The molecule has 0 radical (unpaired) electrons. The maximum atomic E-state index is 11.5. The van der Waals surface area contributed by atoms with E-state index in [4.69, 9.17) is 5.73 Å². The molecule has 2 saturated carbocycles. The second kappa shape index (κ2) is 12.8. The molecule has 2 aliphatic carbocycles. The molecule has 41 heavy (non-hydrogen) atoms. The van der Waals surface area contributed by atoms with Gasteiger partial charge in [-0.25, -0.2) is 4.79 Å². The summed E-state index contributed by atoms with van der Waals surface area (Å²) in [6.45, 7) is 3.30. The summed E-state index contributed by atoms with van der Waals surface area (Å²) in [6, 6.07) is 20.4. The third-order valence-corrected chi connectivity index (χ3v) is 8.00. The molecule has 4 N–H and O–H groups in total. The lowest BCUT2D eigenvalue weighted by atomic mass is 9.63. The first kappa shape index (κ1) is 30.2. The summed E-state index contributed by atoms with van der Waals surface area (Å²) in [4.78, 5) is 28.9. The number of hydrogen-bond acceptors (Lipinski definition) is 6. The minimum atomic E-state index is -0.686. The largest absolute Gasteiger partial charge is 0.453 e. The Morgan fingerprint density at radius 3 is 2.22 bits per heavy atom. The van der Waals surface area contributed by atoms with Crippen LogP contribution in [0.3, 0.4) is 0 Å². The van der Waals surface area contributed by atoms with Gasteiger partial charge in [0, 0.05) is 36.7 Å². The first-order valence-electron chi connectivity index (χ1n) is 14.3. The molecule has 0 unspecified atom stereocenters. The van der Waals surface area contributed by atoms with Crippen LogP contribution in [-0.2, 0) is 15.1 Å². The second-order valence-corrected chi connectivity index (χ2v) is 11.6. The molecular formula is C33H42N4O4. The molecule has 3 aromatic rings. The quantitative estimate of drug-likeness (QED) is 0.349. The third-order valence-electron chi connectivity index (χ3n) is 8.00. The molecule has 5 rings (SSSR count). The Labute approximate surface area is 242 Å². The molecule has 2 aromatic carbocycles. The van der Waals surface area contributed by atoms with Gasteiger partial charge >= 0.3 is 6.09 Å². The van der Waals surface area contributed by atoms with Gasteiger partial charge in [-0.15, -0.1) is 0 Å². The molecule has 218 valence electrons. The van der Waals surface area contributed by atoms with Crippen LogP contribution in [0.15, 0.2) is 66.9 Å². The van der Waals surface area contributed by atoms with Gasteiger partial charge in [-0.2, -0.15) is 0 Å². The van der Waals surface area contributed by atoms with E-state index < -0.39 is 11.1 Å². The fourth-order valence-electron chi connectivity index (χ4n) is 6.04. The molecule has 2 aliphatic rings. The number of ether oxygens (including phenoxy) is 1. The molecule has 8 heteroatoms. The Kier molecular flexibility index (Phi) is 9.46. The van der Waals surface area contributed by atoms with E-state index in [0.29, 0.717) is 24.6 Å². The Hall–Kier alpha value is -3.75. The second-order valence-electron chi connectivity index (χ2n) is 11.6. The van der Waals surface area contributed by atoms with E-state index in [1.54, 1.807) is 11.1 Å². The molecular weight excluding hydrogens is 516 g/mol. The number of rotatable bonds is 5. The zero-order valence-corrected chi connectivity index (χ0v) is 24.5. The number of nitrogens with one attached hydrogen (secondary N) is 1. The normalized spacial score (nSPS) is 22.0. The van der Waals surface area contributed by atoms with E-state index in [9.17, 15) is 14.7 Å². The Balaban J connectivity index is 0.000000271. The summed E-state index contributed by atoms with van der Waals surface area (Å²) < 4.78 is 4.65. The van der Waals surface area contributed by atoms with Gasteiger partial charge in [-0.05, 0) is 49.8 Å². The van der Waals surface area contributed by atoms with Crippen LogP contribution in [0.4, 0.5) is 10.5 Å². The van der Waals surface area contributed by atoms with E-state index >= 15 is 0 Å². The van der Waals surface area contributed by atoms with Gasteiger partial charge in [0.15, 0.2) is 0 Å². The zero-order chi connectivity index (χ0) is 29.6. The summed E-state index contributed by atoms with van der Waals surface area (Å²) >= 11 is 0. The van der Waals surface area contributed by atoms with Gasteiger partial charge in [0.2, 0.25) is 5.91 Å². The SMILES string of the molecule is CC(=O)Nc1cnc(-c2ccc(C3(N)CC(C)(O)C3)cc2)c(-c2ccccc2)c1.COC(=O)N(C)C1CCCCC1. The van der Waals surface area contributed by atoms with Crippen LogP contribution in [0, 0.1) is 0 Å². The monoisotopic (exact) mass is 558 g/mol. The van der Waals surface area contributed by atoms with Crippen LogP contribution in [-0.4, -0.2) is 52.8 Å². The van der Waals surface area contributed by atoms with E-state index in [1.807, 2.05) is 74.6 Å². The van der Waals surface area contributed by atoms with Crippen LogP contribution in [0.25, 0.3) is 22.4 Å². The van der Waals surface area contributed by atoms with Crippen molar-refractivity contribution in [3.63, 3.8) is 0 Å². The highest BCUT2D eigenvalue weighted by Gasteiger charge is 2.49.